The van der Waals surface area contributed by atoms with Crippen molar-refractivity contribution in [2.75, 3.05) is 0 Å². The van der Waals surface area contributed by atoms with Crippen LogP contribution in [-0.2, 0) is 11.7 Å². The molecule has 1 saturated carbocycles. The molecule has 0 atom stereocenters. The van der Waals surface area contributed by atoms with Gasteiger partial charge in [0.05, 0.1) is 11.1 Å². The number of hydrogen-bond acceptors (Lipinski definition) is 4. The number of benzene rings is 1. The van der Waals surface area contributed by atoms with Gasteiger partial charge in [-0.05, 0) is 25.0 Å². The molecule has 0 amide bonds. The van der Waals surface area contributed by atoms with Crippen molar-refractivity contribution in [1.82, 2.24) is 10.1 Å². The second kappa shape index (κ2) is 4.75. The van der Waals surface area contributed by atoms with Crippen LogP contribution in [0.25, 0.3) is 11.4 Å². The third-order valence-corrected chi connectivity index (χ3v) is 3.09. The van der Waals surface area contributed by atoms with Gasteiger partial charge in [0.15, 0.2) is 0 Å². The molecule has 0 bridgehead atoms. The number of rotatable bonds is 2. The van der Waals surface area contributed by atoms with E-state index in [-0.39, 0.29) is 29.7 Å². The summed E-state index contributed by atoms with van der Waals surface area (Å²) in [5.41, 5.74) is 4.81. The summed E-state index contributed by atoms with van der Waals surface area (Å²) in [6, 6.07) is 4.80. The van der Waals surface area contributed by atoms with Crippen LogP contribution in [0.15, 0.2) is 28.8 Å². The van der Waals surface area contributed by atoms with Gasteiger partial charge in [-0.15, -0.1) is 12.4 Å². The van der Waals surface area contributed by atoms with E-state index < -0.39 is 17.3 Å². The summed E-state index contributed by atoms with van der Waals surface area (Å²) in [5.74, 6) is 0.401. The van der Waals surface area contributed by atoms with Gasteiger partial charge in [-0.2, -0.15) is 18.2 Å². The van der Waals surface area contributed by atoms with Crippen molar-refractivity contribution in [3.8, 4) is 11.4 Å². The first-order valence-corrected chi connectivity index (χ1v) is 5.69. The fraction of sp³-hybridized carbons (Fsp3) is 0.333. The van der Waals surface area contributed by atoms with Crippen molar-refractivity contribution in [3.63, 3.8) is 0 Å². The van der Waals surface area contributed by atoms with Gasteiger partial charge >= 0.3 is 6.18 Å². The molecule has 0 saturated heterocycles. The molecule has 0 unspecified atom stereocenters. The molecule has 1 heterocycles. The first kappa shape index (κ1) is 14.8. The molecule has 1 aromatic heterocycles. The van der Waals surface area contributed by atoms with E-state index in [0.717, 1.165) is 25.0 Å². The van der Waals surface area contributed by atoms with Gasteiger partial charge in [-0.3, -0.25) is 0 Å². The summed E-state index contributed by atoms with van der Waals surface area (Å²) in [7, 11) is 0. The Morgan fingerprint density at radius 3 is 2.55 bits per heavy atom. The van der Waals surface area contributed by atoms with Gasteiger partial charge in [0.1, 0.15) is 0 Å². The van der Waals surface area contributed by atoms with Gasteiger partial charge in [-0.1, -0.05) is 17.3 Å². The van der Waals surface area contributed by atoms with Crippen LogP contribution in [0.1, 0.15) is 24.3 Å². The maximum absolute atomic E-state index is 12.6. The second-order valence-corrected chi connectivity index (χ2v) is 4.66. The van der Waals surface area contributed by atoms with Crippen molar-refractivity contribution >= 4 is 12.4 Å². The van der Waals surface area contributed by atoms with Crippen LogP contribution in [0.2, 0.25) is 0 Å². The van der Waals surface area contributed by atoms with Crippen LogP contribution in [0, 0.1) is 0 Å². The quantitative estimate of drug-likeness (QED) is 0.926. The van der Waals surface area contributed by atoms with Crippen molar-refractivity contribution in [3.05, 3.63) is 35.7 Å². The topological polar surface area (TPSA) is 64.9 Å². The Hall–Kier alpha value is -1.60. The zero-order valence-corrected chi connectivity index (χ0v) is 11.0. The van der Waals surface area contributed by atoms with E-state index in [2.05, 4.69) is 10.1 Å². The molecule has 2 aromatic rings. The predicted molar refractivity (Wildman–Crippen MR) is 67.1 cm³/mol. The zero-order valence-electron chi connectivity index (χ0n) is 10.1. The molecular formula is C12H11ClF3N3O. The van der Waals surface area contributed by atoms with E-state index in [1.807, 2.05) is 0 Å². The largest absolute Gasteiger partial charge is 0.416 e. The normalized spacial score (nSPS) is 16.6. The molecular weight excluding hydrogens is 295 g/mol. The zero-order chi connectivity index (χ0) is 13.7. The lowest BCUT2D eigenvalue weighted by atomic mass is 10.1. The number of alkyl halides is 3. The Kier molecular flexibility index (Phi) is 3.51. The number of nitrogens with zero attached hydrogens (tertiary/aromatic N) is 2. The van der Waals surface area contributed by atoms with Crippen LogP contribution in [0.5, 0.6) is 0 Å². The highest BCUT2D eigenvalue weighted by Crippen LogP contribution is 2.42. The van der Waals surface area contributed by atoms with Gasteiger partial charge < -0.3 is 10.3 Å². The molecule has 8 heteroatoms. The number of aromatic nitrogens is 2. The summed E-state index contributed by atoms with van der Waals surface area (Å²) in [6.45, 7) is 0. The average Bonchev–Trinajstić information content (AvgIpc) is 2.93. The van der Waals surface area contributed by atoms with Gasteiger partial charge in [0.2, 0.25) is 11.7 Å². The lowest BCUT2D eigenvalue weighted by Crippen LogP contribution is -2.18. The number of nitrogens with two attached hydrogens (primary N) is 1. The highest BCUT2D eigenvalue weighted by molar-refractivity contribution is 5.85. The summed E-state index contributed by atoms with van der Waals surface area (Å²) in [5, 5.41) is 3.68. The molecule has 1 aromatic carbocycles. The highest BCUT2D eigenvalue weighted by Gasteiger charge is 2.45. The molecule has 0 spiro atoms. The van der Waals surface area contributed by atoms with Gasteiger partial charge in [0.25, 0.3) is 0 Å². The molecule has 0 radical (unpaired) electrons. The van der Waals surface area contributed by atoms with Crippen LogP contribution in [-0.4, -0.2) is 10.1 Å². The van der Waals surface area contributed by atoms with E-state index >= 15 is 0 Å². The second-order valence-electron chi connectivity index (χ2n) is 4.66. The molecule has 108 valence electrons. The van der Waals surface area contributed by atoms with E-state index in [1.165, 1.54) is 12.1 Å². The van der Waals surface area contributed by atoms with E-state index in [1.54, 1.807) is 0 Å². The van der Waals surface area contributed by atoms with E-state index in [4.69, 9.17) is 10.3 Å². The van der Waals surface area contributed by atoms with Crippen molar-refractivity contribution in [2.45, 2.75) is 24.6 Å². The van der Waals surface area contributed by atoms with Gasteiger partial charge in [0, 0.05) is 5.56 Å². The Morgan fingerprint density at radius 1 is 1.25 bits per heavy atom. The summed E-state index contributed by atoms with van der Waals surface area (Å²) < 4.78 is 42.8. The molecule has 3 rings (SSSR count). The Labute approximate surface area is 118 Å². The summed E-state index contributed by atoms with van der Waals surface area (Å²) in [6.07, 6.45) is -2.90. The lowest BCUT2D eigenvalue weighted by Gasteiger charge is -2.06. The Morgan fingerprint density at radius 2 is 1.95 bits per heavy atom. The smallest absolute Gasteiger partial charge is 0.337 e. The van der Waals surface area contributed by atoms with E-state index in [0.29, 0.717) is 0 Å². The molecule has 4 nitrogen and oxygen atoms in total. The third-order valence-electron chi connectivity index (χ3n) is 3.09. The summed E-state index contributed by atoms with van der Waals surface area (Å²) >= 11 is 0. The Balaban J connectivity index is 0.00000147. The van der Waals surface area contributed by atoms with Crippen molar-refractivity contribution in [2.24, 2.45) is 5.73 Å². The maximum atomic E-state index is 12.6. The molecule has 0 aliphatic heterocycles. The average molecular weight is 306 g/mol. The SMILES string of the molecule is Cl.NC1(c2nc(-c3cccc(C(F)(F)F)c3)no2)CC1. The van der Waals surface area contributed by atoms with Gasteiger partial charge in [-0.25, -0.2) is 0 Å². The molecule has 1 fully saturated rings. The molecule has 20 heavy (non-hydrogen) atoms. The van der Waals surface area contributed by atoms with Crippen molar-refractivity contribution < 1.29 is 17.7 Å². The predicted octanol–water partition coefficient (Wildman–Crippen LogP) is 3.13. The van der Waals surface area contributed by atoms with Crippen LogP contribution in [0.4, 0.5) is 13.2 Å². The number of halogens is 4. The van der Waals surface area contributed by atoms with Crippen LogP contribution in [0.3, 0.4) is 0 Å². The lowest BCUT2D eigenvalue weighted by molar-refractivity contribution is -0.137. The molecule has 1 aliphatic carbocycles. The first-order valence-electron chi connectivity index (χ1n) is 5.69. The Bertz CT molecular complexity index is 622. The molecule has 2 N–H and O–H groups in total. The van der Waals surface area contributed by atoms with Crippen LogP contribution < -0.4 is 5.73 Å². The number of hydrogen-bond donors (Lipinski definition) is 1. The highest BCUT2D eigenvalue weighted by atomic mass is 35.5. The van der Waals surface area contributed by atoms with E-state index in [9.17, 15) is 13.2 Å². The minimum atomic E-state index is -4.39. The molecule has 1 aliphatic rings. The first-order chi connectivity index (χ1) is 8.88. The maximum Gasteiger partial charge on any atom is 0.416 e. The minimum Gasteiger partial charge on any atom is -0.337 e. The fourth-order valence-electron chi connectivity index (χ4n) is 1.73. The monoisotopic (exact) mass is 305 g/mol. The fourth-order valence-corrected chi connectivity index (χ4v) is 1.73. The third kappa shape index (κ3) is 2.64. The van der Waals surface area contributed by atoms with Crippen molar-refractivity contribution in [1.29, 1.82) is 0 Å². The minimum absolute atomic E-state index is 0. The standard InChI is InChI=1S/C12H10F3N3O.ClH/c13-12(14,15)8-3-1-2-7(6-8)9-17-10(19-18-9)11(16)4-5-11;/h1-3,6H,4-5,16H2;1H. The van der Waals surface area contributed by atoms with Crippen LogP contribution >= 0.6 is 12.4 Å². The summed E-state index contributed by atoms with van der Waals surface area (Å²) in [4.78, 5) is 4.07.